The van der Waals surface area contributed by atoms with E-state index in [1.165, 1.54) is 14.2 Å². The van der Waals surface area contributed by atoms with Crippen molar-refractivity contribution in [3.8, 4) is 0 Å². The van der Waals surface area contributed by atoms with Crippen molar-refractivity contribution in [2.45, 2.75) is 13.8 Å². The summed E-state index contributed by atoms with van der Waals surface area (Å²) in [4.78, 5) is 23.8. The first-order valence-corrected chi connectivity index (χ1v) is 6.60. The van der Waals surface area contributed by atoms with Gasteiger partial charge in [0.25, 0.3) is 0 Å². The van der Waals surface area contributed by atoms with E-state index in [1.807, 2.05) is 0 Å². The minimum atomic E-state index is -0.480. The third-order valence-corrected chi connectivity index (χ3v) is 3.63. The lowest BCUT2D eigenvalue weighted by molar-refractivity contribution is 0.0591. The van der Waals surface area contributed by atoms with Gasteiger partial charge in [-0.05, 0) is 26.0 Å². The monoisotopic (exact) mass is 302 g/mol. The summed E-state index contributed by atoms with van der Waals surface area (Å²) in [5, 5.41) is 1.17. The van der Waals surface area contributed by atoms with Gasteiger partial charge in [0.05, 0.1) is 14.2 Å². The van der Waals surface area contributed by atoms with Gasteiger partial charge in [-0.15, -0.1) is 0 Å². The number of rotatable bonds is 2. The van der Waals surface area contributed by atoms with E-state index in [2.05, 4.69) is 0 Å². The van der Waals surface area contributed by atoms with Gasteiger partial charge < -0.3 is 18.3 Å². The van der Waals surface area contributed by atoms with E-state index in [-0.39, 0.29) is 0 Å². The number of hydrogen-bond donors (Lipinski definition) is 0. The molecule has 2 aromatic heterocycles. The van der Waals surface area contributed by atoms with Crippen LogP contribution in [-0.2, 0) is 9.47 Å². The highest BCUT2D eigenvalue weighted by molar-refractivity contribution is 6.12. The van der Waals surface area contributed by atoms with E-state index >= 15 is 0 Å². The summed E-state index contributed by atoms with van der Waals surface area (Å²) in [5.74, 6) is -0.0594. The molecule has 0 saturated carbocycles. The van der Waals surface area contributed by atoms with Crippen molar-refractivity contribution in [3.63, 3.8) is 0 Å². The minimum absolute atomic E-state index is 0.355. The Morgan fingerprint density at radius 1 is 0.818 bits per heavy atom. The summed E-state index contributed by atoms with van der Waals surface area (Å²) in [6, 6.07) is 3.35. The molecular weight excluding hydrogens is 288 g/mol. The summed E-state index contributed by atoms with van der Waals surface area (Å²) in [5.41, 5.74) is 1.67. The number of furan rings is 2. The fraction of sp³-hybridized carbons (Fsp3) is 0.250. The molecule has 3 aromatic rings. The molecule has 0 unspecified atom stereocenters. The average molecular weight is 302 g/mol. The number of carbonyl (C=O) groups excluding carboxylic acids is 2. The molecule has 1 aromatic carbocycles. The van der Waals surface area contributed by atoms with Crippen LogP contribution in [0.15, 0.2) is 21.0 Å². The number of ether oxygens (including phenoxy) is 2. The third-order valence-electron chi connectivity index (χ3n) is 3.63. The largest absolute Gasteiger partial charge is 0.465 e. The number of esters is 2. The third kappa shape index (κ3) is 1.88. The van der Waals surface area contributed by atoms with Crippen LogP contribution in [0.3, 0.4) is 0 Å². The molecule has 0 bridgehead atoms. The van der Waals surface area contributed by atoms with Gasteiger partial charge in [0.15, 0.2) is 0 Å². The Morgan fingerprint density at radius 3 is 1.50 bits per heavy atom. The van der Waals surface area contributed by atoms with E-state index in [9.17, 15) is 9.59 Å². The Morgan fingerprint density at radius 2 is 1.18 bits per heavy atom. The quantitative estimate of drug-likeness (QED) is 0.675. The van der Waals surface area contributed by atoms with E-state index in [1.54, 1.807) is 26.0 Å². The lowest BCUT2D eigenvalue weighted by Gasteiger charge is -1.98. The molecule has 6 nitrogen and oxygen atoms in total. The molecule has 3 rings (SSSR count). The first-order chi connectivity index (χ1) is 10.5. The van der Waals surface area contributed by atoms with Gasteiger partial charge in [0.1, 0.15) is 33.8 Å². The molecule has 0 fully saturated rings. The Kier molecular flexibility index (Phi) is 3.16. The predicted octanol–water partition coefficient (Wildman–Crippen LogP) is 3.37. The smallest absolute Gasteiger partial charge is 0.342 e. The van der Waals surface area contributed by atoms with Gasteiger partial charge in [0.2, 0.25) is 0 Å². The van der Waals surface area contributed by atoms with Crippen molar-refractivity contribution < 1.29 is 27.9 Å². The van der Waals surface area contributed by atoms with Crippen LogP contribution >= 0.6 is 0 Å². The molecule has 0 saturated heterocycles. The number of methoxy groups -OCH3 is 2. The summed E-state index contributed by atoms with van der Waals surface area (Å²) in [6.07, 6.45) is 0. The lowest BCUT2D eigenvalue weighted by atomic mass is 10.1. The number of fused-ring (bicyclic) bond motifs is 2. The molecule has 0 spiro atoms. The molecule has 0 aliphatic rings. The molecule has 6 heteroatoms. The lowest BCUT2D eigenvalue weighted by Crippen LogP contribution is -2.02. The van der Waals surface area contributed by atoms with Crippen LogP contribution in [-0.4, -0.2) is 26.2 Å². The molecule has 2 heterocycles. The highest BCUT2D eigenvalue weighted by Gasteiger charge is 2.24. The van der Waals surface area contributed by atoms with Gasteiger partial charge in [-0.1, -0.05) is 0 Å². The van der Waals surface area contributed by atoms with Crippen molar-refractivity contribution in [3.05, 3.63) is 34.8 Å². The molecule has 0 N–H and O–H groups in total. The van der Waals surface area contributed by atoms with Crippen molar-refractivity contribution in [2.75, 3.05) is 14.2 Å². The number of aryl methyl sites for hydroxylation is 2. The number of carbonyl (C=O) groups is 2. The summed E-state index contributed by atoms with van der Waals surface area (Å²) in [7, 11) is 2.62. The van der Waals surface area contributed by atoms with Crippen molar-refractivity contribution >= 4 is 33.9 Å². The SMILES string of the molecule is COC(=O)c1c(C)oc2cc3c(C(=O)OC)c(C)oc3cc12. The van der Waals surface area contributed by atoms with Crippen LogP contribution in [0.1, 0.15) is 32.2 Å². The fourth-order valence-corrected chi connectivity index (χ4v) is 2.64. The van der Waals surface area contributed by atoms with Crippen LogP contribution in [0.4, 0.5) is 0 Å². The standard InChI is InChI=1S/C16H14O6/c1-7-13(15(17)19-3)9-5-12-10(6-11(9)21-7)14(8(2)22-12)16(18)20-4/h5-6H,1-4H3. The van der Waals surface area contributed by atoms with Crippen LogP contribution < -0.4 is 0 Å². The zero-order valence-corrected chi connectivity index (χ0v) is 12.6. The van der Waals surface area contributed by atoms with Crippen molar-refractivity contribution in [1.29, 1.82) is 0 Å². The molecule has 0 atom stereocenters. The molecule has 0 aliphatic carbocycles. The normalized spacial score (nSPS) is 11.1. The number of benzene rings is 1. The molecule has 0 amide bonds. The highest BCUT2D eigenvalue weighted by Crippen LogP contribution is 2.34. The molecule has 0 radical (unpaired) electrons. The van der Waals surface area contributed by atoms with E-state index in [0.717, 1.165) is 0 Å². The second-order valence-corrected chi connectivity index (χ2v) is 4.89. The fourth-order valence-electron chi connectivity index (χ4n) is 2.64. The first-order valence-electron chi connectivity index (χ1n) is 6.60. The zero-order chi connectivity index (χ0) is 16.0. The maximum atomic E-state index is 11.9. The van der Waals surface area contributed by atoms with E-state index < -0.39 is 11.9 Å². The molecule has 114 valence electrons. The van der Waals surface area contributed by atoms with Crippen LogP contribution in [0.25, 0.3) is 21.9 Å². The van der Waals surface area contributed by atoms with Gasteiger partial charge in [-0.25, -0.2) is 9.59 Å². The van der Waals surface area contributed by atoms with Gasteiger partial charge in [0, 0.05) is 10.8 Å². The van der Waals surface area contributed by atoms with Crippen LogP contribution in [0, 0.1) is 13.8 Å². The molecule has 22 heavy (non-hydrogen) atoms. The van der Waals surface area contributed by atoms with E-state index in [0.29, 0.717) is 44.6 Å². The molecule has 0 aliphatic heterocycles. The maximum Gasteiger partial charge on any atom is 0.342 e. The Hall–Kier alpha value is -2.76. The molecular formula is C16H14O6. The second kappa shape index (κ2) is 4.91. The number of hydrogen-bond acceptors (Lipinski definition) is 6. The van der Waals surface area contributed by atoms with Gasteiger partial charge in [-0.3, -0.25) is 0 Å². The predicted molar refractivity (Wildman–Crippen MR) is 78.1 cm³/mol. The first kappa shape index (κ1) is 14.2. The highest BCUT2D eigenvalue weighted by atomic mass is 16.5. The van der Waals surface area contributed by atoms with Crippen molar-refractivity contribution in [1.82, 2.24) is 0 Å². The summed E-state index contributed by atoms with van der Waals surface area (Å²) >= 11 is 0. The van der Waals surface area contributed by atoms with E-state index in [4.69, 9.17) is 18.3 Å². The Bertz CT molecular complexity index is 836. The topological polar surface area (TPSA) is 78.9 Å². The van der Waals surface area contributed by atoms with Crippen LogP contribution in [0.2, 0.25) is 0 Å². The second-order valence-electron chi connectivity index (χ2n) is 4.89. The minimum Gasteiger partial charge on any atom is -0.465 e. The Labute approximate surface area is 125 Å². The van der Waals surface area contributed by atoms with Crippen LogP contribution in [0.5, 0.6) is 0 Å². The van der Waals surface area contributed by atoms with Crippen molar-refractivity contribution in [2.24, 2.45) is 0 Å². The summed E-state index contributed by atoms with van der Waals surface area (Å²) in [6.45, 7) is 3.36. The van der Waals surface area contributed by atoms with Gasteiger partial charge >= 0.3 is 11.9 Å². The zero-order valence-electron chi connectivity index (χ0n) is 12.6. The Balaban J connectivity index is 2.36. The average Bonchev–Trinajstić information content (AvgIpc) is 2.98. The maximum absolute atomic E-state index is 11.9. The van der Waals surface area contributed by atoms with Gasteiger partial charge in [-0.2, -0.15) is 0 Å². The summed E-state index contributed by atoms with van der Waals surface area (Å²) < 4.78 is 20.8.